The molecule has 2 rings (SSSR count). The van der Waals surface area contributed by atoms with Crippen LogP contribution in [0.25, 0.3) is 0 Å². The van der Waals surface area contributed by atoms with Gasteiger partial charge in [-0.2, -0.15) is 0 Å². The predicted molar refractivity (Wildman–Crippen MR) is 50.7 cm³/mol. The highest BCUT2D eigenvalue weighted by Crippen LogP contribution is 2.48. The van der Waals surface area contributed by atoms with Gasteiger partial charge in [0.1, 0.15) is 0 Å². The molecule has 0 spiro atoms. The molecule has 80 valence electrons. The van der Waals surface area contributed by atoms with Gasteiger partial charge in [0.15, 0.2) is 9.84 Å². The molecule has 0 aromatic carbocycles. The Bertz CT molecular complexity index is 349. The lowest BCUT2D eigenvalue weighted by Gasteiger charge is -2.26. The van der Waals surface area contributed by atoms with Crippen LogP contribution in [0.5, 0.6) is 0 Å². The van der Waals surface area contributed by atoms with Crippen molar-refractivity contribution in [1.82, 2.24) is 0 Å². The first kappa shape index (κ1) is 9.96. The van der Waals surface area contributed by atoms with Gasteiger partial charge in [0.2, 0.25) is 0 Å². The van der Waals surface area contributed by atoms with Gasteiger partial charge in [-0.3, -0.25) is 4.79 Å². The first-order valence-corrected chi connectivity index (χ1v) is 6.63. The summed E-state index contributed by atoms with van der Waals surface area (Å²) in [5, 5.41) is 8.62. The quantitative estimate of drug-likeness (QED) is 0.758. The number of aliphatic carboxylic acids is 1. The molecular weight excluding hydrogens is 204 g/mol. The van der Waals surface area contributed by atoms with Crippen LogP contribution in [0.2, 0.25) is 0 Å². The molecule has 0 aromatic rings. The van der Waals surface area contributed by atoms with Crippen molar-refractivity contribution >= 4 is 15.8 Å². The third-order valence-corrected chi connectivity index (χ3v) is 5.79. The molecule has 0 aliphatic heterocycles. The van der Waals surface area contributed by atoms with Crippen LogP contribution in [0.15, 0.2) is 0 Å². The van der Waals surface area contributed by atoms with Gasteiger partial charge in [-0.25, -0.2) is 8.42 Å². The molecule has 14 heavy (non-hydrogen) atoms. The van der Waals surface area contributed by atoms with E-state index in [1.54, 1.807) is 0 Å². The van der Waals surface area contributed by atoms with Crippen molar-refractivity contribution in [2.45, 2.75) is 37.4 Å². The van der Waals surface area contributed by atoms with Crippen LogP contribution in [0.3, 0.4) is 0 Å². The van der Waals surface area contributed by atoms with E-state index in [4.69, 9.17) is 5.11 Å². The maximum absolute atomic E-state index is 11.7. The van der Waals surface area contributed by atoms with E-state index >= 15 is 0 Å². The Morgan fingerprint density at radius 3 is 2.21 bits per heavy atom. The molecule has 0 aromatic heterocycles. The summed E-state index contributed by atoms with van der Waals surface area (Å²) >= 11 is 0. The van der Waals surface area contributed by atoms with Crippen LogP contribution in [0.1, 0.15) is 32.1 Å². The molecule has 0 heterocycles. The molecule has 0 saturated heterocycles. The summed E-state index contributed by atoms with van der Waals surface area (Å²) in [5.41, 5.74) is -0.922. The lowest BCUT2D eigenvalue weighted by Crippen LogP contribution is -2.35. The maximum atomic E-state index is 11.7. The highest BCUT2D eigenvalue weighted by atomic mass is 32.2. The summed E-state index contributed by atoms with van der Waals surface area (Å²) in [6, 6.07) is 0. The minimum absolute atomic E-state index is 0.139. The standard InChI is InChI=1S/C9H14O4S/c10-8(11)9(4-5-9)6-14(12,13)7-2-1-3-7/h7H,1-6H2,(H,10,11). The second-order valence-corrected chi connectivity index (χ2v) is 6.73. The molecule has 2 aliphatic rings. The van der Waals surface area contributed by atoms with Gasteiger partial charge in [-0.1, -0.05) is 6.42 Å². The molecule has 0 radical (unpaired) electrons. The molecule has 4 nitrogen and oxygen atoms in total. The predicted octanol–water partition coefficient (Wildman–Crippen LogP) is 0.819. The second kappa shape index (κ2) is 2.95. The minimum atomic E-state index is -3.14. The summed E-state index contributed by atoms with van der Waals surface area (Å²) in [7, 11) is -3.14. The van der Waals surface area contributed by atoms with Crippen molar-refractivity contribution in [3.05, 3.63) is 0 Å². The van der Waals surface area contributed by atoms with Crippen molar-refractivity contribution in [1.29, 1.82) is 0 Å². The Balaban J connectivity index is 2.06. The number of hydrogen-bond donors (Lipinski definition) is 1. The SMILES string of the molecule is O=C(O)C1(CS(=O)(=O)C2CCC2)CC1. The van der Waals surface area contributed by atoms with Gasteiger partial charge in [-0.15, -0.1) is 0 Å². The van der Waals surface area contributed by atoms with E-state index in [1.807, 2.05) is 0 Å². The van der Waals surface area contributed by atoms with Crippen molar-refractivity contribution in [2.24, 2.45) is 5.41 Å². The Kier molecular flexibility index (Phi) is 2.10. The van der Waals surface area contributed by atoms with E-state index in [9.17, 15) is 13.2 Å². The summed E-state index contributed by atoms with van der Waals surface area (Å²) < 4.78 is 23.4. The number of carbonyl (C=O) groups is 1. The van der Waals surface area contributed by atoms with E-state index in [1.165, 1.54) is 0 Å². The summed E-state index contributed by atoms with van der Waals surface area (Å²) in [4.78, 5) is 10.8. The zero-order chi connectivity index (χ0) is 10.4. The Morgan fingerprint density at radius 2 is 1.93 bits per heavy atom. The fourth-order valence-electron chi connectivity index (χ4n) is 1.80. The van der Waals surface area contributed by atoms with Crippen LogP contribution < -0.4 is 0 Å². The third-order valence-electron chi connectivity index (χ3n) is 3.34. The van der Waals surface area contributed by atoms with Crippen molar-refractivity contribution in [3.8, 4) is 0 Å². The largest absolute Gasteiger partial charge is 0.481 e. The lowest BCUT2D eigenvalue weighted by molar-refractivity contribution is -0.142. The van der Waals surface area contributed by atoms with Crippen LogP contribution in [0.4, 0.5) is 0 Å². The average Bonchev–Trinajstić information content (AvgIpc) is 2.61. The first-order valence-electron chi connectivity index (χ1n) is 4.91. The van der Waals surface area contributed by atoms with Crippen LogP contribution in [0, 0.1) is 5.41 Å². The van der Waals surface area contributed by atoms with Crippen LogP contribution >= 0.6 is 0 Å². The Labute approximate surface area is 83.2 Å². The van der Waals surface area contributed by atoms with E-state index in [0.29, 0.717) is 12.8 Å². The third kappa shape index (κ3) is 1.54. The van der Waals surface area contributed by atoms with Gasteiger partial charge in [-0.05, 0) is 25.7 Å². The van der Waals surface area contributed by atoms with E-state index in [-0.39, 0.29) is 11.0 Å². The first-order chi connectivity index (χ1) is 6.46. The van der Waals surface area contributed by atoms with Crippen LogP contribution in [-0.4, -0.2) is 30.5 Å². The topological polar surface area (TPSA) is 71.4 Å². The smallest absolute Gasteiger partial charge is 0.310 e. The van der Waals surface area contributed by atoms with Crippen LogP contribution in [-0.2, 0) is 14.6 Å². The summed E-state index contributed by atoms with van der Waals surface area (Å²) in [6.45, 7) is 0. The average molecular weight is 218 g/mol. The van der Waals surface area contributed by atoms with Crippen molar-refractivity contribution < 1.29 is 18.3 Å². The lowest BCUT2D eigenvalue weighted by atomic mass is 10.00. The summed E-state index contributed by atoms with van der Waals surface area (Å²) in [5.74, 6) is -1.08. The second-order valence-electron chi connectivity index (χ2n) is 4.45. The minimum Gasteiger partial charge on any atom is -0.481 e. The van der Waals surface area contributed by atoms with E-state index in [2.05, 4.69) is 0 Å². The van der Waals surface area contributed by atoms with Gasteiger partial charge in [0, 0.05) is 0 Å². The fraction of sp³-hybridized carbons (Fsp3) is 0.889. The summed E-state index contributed by atoms with van der Waals surface area (Å²) in [6.07, 6.45) is 3.45. The molecule has 5 heteroatoms. The van der Waals surface area contributed by atoms with Gasteiger partial charge in [0.05, 0.1) is 16.4 Å². The van der Waals surface area contributed by atoms with E-state index in [0.717, 1.165) is 19.3 Å². The van der Waals surface area contributed by atoms with Crippen molar-refractivity contribution in [3.63, 3.8) is 0 Å². The Hall–Kier alpha value is -0.580. The zero-order valence-corrected chi connectivity index (χ0v) is 8.72. The highest BCUT2D eigenvalue weighted by molar-refractivity contribution is 7.92. The molecule has 0 atom stereocenters. The van der Waals surface area contributed by atoms with E-state index < -0.39 is 21.2 Å². The molecule has 0 amide bonds. The number of rotatable bonds is 4. The number of hydrogen-bond acceptors (Lipinski definition) is 3. The monoisotopic (exact) mass is 218 g/mol. The van der Waals surface area contributed by atoms with Gasteiger partial charge in [0.25, 0.3) is 0 Å². The molecule has 2 fully saturated rings. The molecule has 2 saturated carbocycles. The normalized spacial score (nSPS) is 25.4. The molecule has 0 unspecified atom stereocenters. The molecular formula is C9H14O4S. The number of carboxylic acids is 1. The zero-order valence-electron chi connectivity index (χ0n) is 7.90. The Morgan fingerprint density at radius 1 is 1.36 bits per heavy atom. The highest BCUT2D eigenvalue weighted by Gasteiger charge is 2.54. The maximum Gasteiger partial charge on any atom is 0.310 e. The van der Waals surface area contributed by atoms with Gasteiger partial charge < -0.3 is 5.11 Å². The number of carboxylic acid groups (broad SMARTS) is 1. The van der Waals surface area contributed by atoms with Crippen molar-refractivity contribution in [2.75, 3.05) is 5.75 Å². The molecule has 0 bridgehead atoms. The van der Waals surface area contributed by atoms with Gasteiger partial charge >= 0.3 is 5.97 Å². The fourth-order valence-corrected chi connectivity index (χ4v) is 4.27. The molecule has 1 N–H and O–H groups in total. The molecule has 2 aliphatic carbocycles. The number of sulfone groups is 1.